The zero-order valence-electron chi connectivity index (χ0n) is 17.1. The molecule has 0 amide bonds. The van der Waals surface area contributed by atoms with Crippen molar-refractivity contribution in [2.75, 3.05) is 0 Å². The first kappa shape index (κ1) is 19.3. The van der Waals surface area contributed by atoms with Gasteiger partial charge in [-0.3, -0.25) is 9.59 Å². The van der Waals surface area contributed by atoms with E-state index in [2.05, 4.69) is 25.0 Å². The fourth-order valence-electron chi connectivity index (χ4n) is 6.87. The van der Waals surface area contributed by atoms with Gasteiger partial charge < -0.3 is 9.47 Å². The Morgan fingerprint density at radius 2 is 1.93 bits per heavy atom. The first-order valence-corrected chi connectivity index (χ1v) is 10.6. The highest BCUT2D eigenvalue weighted by Crippen LogP contribution is 2.65. The second-order valence-electron chi connectivity index (χ2n) is 9.28. The summed E-state index contributed by atoms with van der Waals surface area (Å²) in [6.45, 7) is 5.18. The number of hydrogen-bond donors (Lipinski definition) is 0. The molecule has 2 saturated carbocycles. The van der Waals surface area contributed by atoms with Crippen molar-refractivity contribution in [3.05, 3.63) is 23.5 Å². The minimum Gasteiger partial charge on any atom is -0.445 e. The van der Waals surface area contributed by atoms with Crippen molar-refractivity contribution >= 4 is 11.9 Å². The molecule has 0 aliphatic heterocycles. The van der Waals surface area contributed by atoms with E-state index in [1.165, 1.54) is 19.4 Å². The quantitative estimate of drug-likeness (QED) is 0.519. The molecule has 4 rings (SSSR count). The Morgan fingerprint density at radius 3 is 2.61 bits per heavy atom. The predicted octanol–water partition coefficient (Wildman–Crippen LogP) is 4.55. The van der Waals surface area contributed by atoms with Gasteiger partial charge in [-0.25, -0.2) is 0 Å². The molecule has 150 valence electrons. The van der Waals surface area contributed by atoms with Gasteiger partial charge >= 0.3 is 11.9 Å². The highest BCUT2D eigenvalue weighted by atomic mass is 16.6. The molecule has 0 saturated heterocycles. The van der Waals surface area contributed by atoms with Gasteiger partial charge in [-0.05, 0) is 73.8 Å². The van der Waals surface area contributed by atoms with E-state index in [1.807, 2.05) is 0 Å². The summed E-state index contributed by atoms with van der Waals surface area (Å²) in [4.78, 5) is 23.1. The molecule has 0 heterocycles. The summed E-state index contributed by atoms with van der Waals surface area (Å²) in [5.41, 5.74) is 0.439. The normalized spacial score (nSPS) is 41.4. The van der Waals surface area contributed by atoms with Gasteiger partial charge in [0, 0.05) is 25.7 Å². The van der Waals surface area contributed by atoms with E-state index in [1.54, 1.807) is 0 Å². The van der Waals surface area contributed by atoms with Gasteiger partial charge in [-0.2, -0.15) is 0 Å². The molecule has 0 N–H and O–H groups in total. The summed E-state index contributed by atoms with van der Waals surface area (Å²) in [6, 6.07) is 0. The third-order valence-corrected chi connectivity index (χ3v) is 8.04. The standard InChI is InChI=1S/C24H30O4/c1-5-24(28-16(3)26)13-11-22-21-8-6-17-14-18(27-15(2)25)7-9-19(17)20(21)10-12-23(22,24)4/h1,6,14,19-22H,7-13H2,2-4H3/t19-,20+,21+,22-,23-,24-/m0/s1. The second-order valence-corrected chi connectivity index (χ2v) is 9.28. The van der Waals surface area contributed by atoms with Crippen molar-refractivity contribution in [1.82, 2.24) is 0 Å². The largest absolute Gasteiger partial charge is 0.445 e. The molecule has 0 aromatic carbocycles. The molecule has 0 aromatic heterocycles. The fraction of sp³-hybridized carbons (Fsp3) is 0.667. The van der Waals surface area contributed by atoms with Crippen molar-refractivity contribution < 1.29 is 19.1 Å². The number of carbonyl (C=O) groups is 2. The molecule has 4 nitrogen and oxygen atoms in total. The van der Waals surface area contributed by atoms with E-state index in [0.29, 0.717) is 23.7 Å². The van der Waals surface area contributed by atoms with Gasteiger partial charge in [0.05, 0.1) is 0 Å². The number of carbonyl (C=O) groups excluding carboxylic acids is 2. The van der Waals surface area contributed by atoms with E-state index in [-0.39, 0.29) is 17.4 Å². The lowest BCUT2D eigenvalue weighted by Gasteiger charge is -2.54. The maximum atomic E-state index is 11.8. The molecular weight excluding hydrogens is 352 g/mol. The number of ether oxygens (including phenoxy) is 2. The molecule has 2 fully saturated rings. The van der Waals surface area contributed by atoms with Gasteiger partial charge in [0.1, 0.15) is 5.76 Å². The van der Waals surface area contributed by atoms with Crippen LogP contribution in [0.15, 0.2) is 23.5 Å². The van der Waals surface area contributed by atoms with Crippen LogP contribution in [-0.4, -0.2) is 17.5 Å². The topological polar surface area (TPSA) is 52.6 Å². The Kier molecular flexibility index (Phi) is 4.68. The van der Waals surface area contributed by atoms with E-state index in [0.717, 1.165) is 50.7 Å². The molecule has 4 aliphatic carbocycles. The minimum atomic E-state index is -0.757. The Balaban J connectivity index is 1.61. The number of allylic oxidation sites excluding steroid dienone is 4. The first-order chi connectivity index (χ1) is 13.3. The third-order valence-electron chi connectivity index (χ3n) is 8.04. The fourth-order valence-corrected chi connectivity index (χ4v) is 6.87. The van der Waals surface area contributed by atoms with E-state index < -0.39 is 5.60 Å². The lowest BCUT2D eigenvalue weighted by molar-refractivity contribution is -0.167. The Hall–Kier alpha value is -2.02. The van der Waals surface area contributed by atoms with Crippen molar-refractivity contribution in [3.63, 3.8) is 0 Å². The predicted molar refractivity (Wildman–Crippen MR) is 106 cm³/mol. The molecule has 0 radical (unpaired) electrons. The van der Waals surface area contributed by atoms with Crippen molar-refractivity contribution in [2.24, 2.45) is 29.1 Å². The molecular formula is C24H30O4. The van der Waals surface area contributed by atoms with Crippen molar-refractivity contribution in [3.8, 4) is 12.3 Å². The third kappa shape index (κ3) is 2.82. The van der Waals surface area contributed by atoms with Gasteiger partial charge in [-0.1, -0.05) is 18.9 Å². The molecule has 0 aromatic rings. The SMILES string of the molecule is C#C[C@]1(OC(C)=O)CC[C@H]2[C@@H]3CC=C4C=C(OC(C)=O)CC[C@@H]4[C@H]3CC[C@@]21C. The van der Waals surface area contributed by atoms with E-state index >= 15 is 0 Å². The number of esters is 2. The minimum absolute atomic E-state index is 0.145. The van der Waals surface area contributed by atoms with Crippen LogP contribution in [0.2, 0.25) is 0 Å². The van der Waals surface area contributed by atoms with Gasteiger partial charge in [0.2, 0.25) is 0 Å². The summed E-state index contributed by atoms with van der Waals surface area (Å²) in [5, 5.41) is 0. The zero-order chi connectivity index (χ0) is 20.1. The van der Waals surface area contributed by atoms with E-state index in [9.17, 15) is 9.59 Å². The van der Waals surface area contributed by atoms with Crippen LogP contribution in [0.3, 0.4) is 0 Å². The van der Waals surface area contributed by atoms with E-state index in [4.69, 9.17) is 15.9 Å². The molecule has 6 atom stereocenters. The average molecular weight is 383 g/mol. The maximum Gasteiger partial charge on any atom is 0.307 e. The Labute approximate surface area is 167 Å². The van der Waals surface area contributed by atoms with Gasteiger partial charge in [0.25, 0.3) is 0 Å². The number of rotatable bonds is 2. The summed E-state index contributed by atoms with van der Waals surface area (Å²) in [7, 11) is 0. The van der Waals surface area contributed by atoms with Crippen LogP contribution in [0, 0.1) is 41.4 Å². The van der Waals surface area contributed by atoms with Gasteiger partial charge in [0.15, 0.2) is 5.60 Å². The van der Waals surface area contributed by atoms with Crippen LogP contribution < -0.4 is 0 Å². The smallest absolute Gasteiger partial charge is 0.307 e. The van der Waals surface area contributed by atoms with Crippen LogP contribution >= 0.6 is 0 Å². The average Bonchev–Trinajstić information content (AvgIpc) is 2.93. The van der Waals surface area contributed by atoms with Crippen LogP contribution in [-0.2, 0) is 19.1 Å². The Bertz CT molecular complexity index is 800. The number of hydrogen-bond acceptors (Lipinski definition) is 4. The highest BCUT2D eigenvalue weighted by molar-refractivity contribution is 5.68. The lowest BCUT2D eigenvalue weighted by atomic mass is 9.51. The number of terminal acetylenes is 1. The number of fused-ring (bicyclic) bond motifs is 5. The summed E-state index contributed by atoms with van der Waals surface area (Å²) < 4.78 is 11.2. The van der Waals surface area contributed by atoms with Crippen LogP contribution in [0.5, 0.6) is 0 Å². The highest BCUT2D eigenvalue weighted by Gasteiger charge is 2.64. The molecule has 4 heteroatoms. The molecule has 0 bridgehead atoms. The van der Waals surface area contributed by atoms with Crippen LogP contribution in [0.25, 0.3) is 0 Å². The second kappa shape index (κ2) is 6.79. The lowest BCUT2D eigenvalue weighted by Crippen LogP contribution is -2.53. The van der Waals surface area contributed by atoms with Crippen molar-refractivity contribution in [2.45, 2.75) is 71.3 Å². The summed E-state index contributed by atoms with van der Waals surface area (Å²) >= 11 is 0. The first-order valence-electron chi connectivity index (χ1n) is 10.6. The monoisotopic (exact) mass is 382 g/mol. The van der Waals surface area contributed by atoms with Crippen LogP contribution in [0.1, 0.15) is 65.7 Å². The summed E-state index contributed by atoms with van der Waals surface area (Å²) in [5.74, 6) is 5.44. The molecule has 4 aliphatic rings. The molecule has 0 unspecified atom stereocenters. The van der Waals surface area contributed by atoms with Crippen LogP contribution in [0.4, 0.5) is 0 Å². The maximum absolute atomic E-state index is 11.8. The van der Waals surface area contributed by atoms with Gasteiger partial charge in [-0.15, -0.1) is 6.42 Å². The molecule has 0 spiro atoms. The zero-order valence-corrected chi connectivity index (χ0v) is 17.1. The summed E-state index contributed by atoms with van der Waals surface area (Å²) in [6.07, 6.45) is 17.2. The van der Waals surface area contributed by atoms with Crippen molar-refractivity contribution in [1.29, 1.82) is 0 Å². The molecule has 28 heavy (non-hydrogen) atoms. The Morgan fingerprint density at radius 1 is 1.14 bits per heavy atom.